The minimum absolute atomic E-state index is 0.0532. The summed E-state index contributed by atoms with van der Waals surface area (Å²) in [6, 6.07) is 13.1. The molecule has 27 heavy (non-hydrogen) atoms. The lowest BCUT2D eigenvalue weighted by molar-refractivity contribution is -0.131. The molecule has 0 aromatic heterocycles. The van der Waals surface area contributed by atoms with Gasteiger partial charge < -0.3 is 19.7 Å². The molecule has 2 amide bonds. The molecule has 0 radical (unpaired) electrons. The molecule has 1 atom stereocenters. The van der Waals surface area contributed by atoms with E-state index < -0.39 is 0 Å². The second kappa shape index (κ2) is 8.12. The Morgan fingerprint density at radius 3 is 2.59 bits per heavy atom. The number of carbonyl (C=O) groups excluding carboxylic acids is 2. The summed E-state index contributed by atoms with van der Waals surface area (Å²) in [7, 11) is 4.84. The van der Waals surface area contributed by atoms with Crippen LogP contribution in [0.2, 0.25) is 0 Å². The molecule has 0 saturated carbocycles. The molecule has 1 aliphatic rings. The van der Waals surface area contributed by atoms with Crippen molar-refractivity contribution in [2.24, 2.45) is 0 Å². The van der Waals surface area contributed by atoms with Crippen LogP contribution in [0, 0.1) is 0 Å². The fourth-order valence-corrected chi connectivity index (χ4v) is 3.47. The maximum absolute atomic E-state index is 12.6. The Hall–Kier alpha value is -3.02. The lowest BCUT2D eigenvalue weighted by Gasteiger charge is -2.25. The molecule has 142 valence electrons. The lowest BCUT2D eigenvalue weighted by Crippen LogP contribution is -2.39. The van der Waals surface area contributed by atoms with Gasteiger partial charge in [-0.1, -0.05) is 24.3 Å². The SMILES string of the molecule is COc1ccc(C(=O)NCC(=O)N(C)C2CCc3ccccc32)cc1OC. The van der Waals surface area contributed by atoms with Crippen LogP contribution in [0.5, 0.6) is 11.5 Å². The summed E-state index contributed by atoms with van der Waals surface area (Å²) in [5, 5.41) is 2.69. The van der Waals surface area contributed by atoms with Gasteiger partial charge in [0, 0.05) is 12.6 Å². The molecule has 1 N–H and O–H groups in total. The van der Waals surface area contributed by atoms with Crippen LogP contribution in [0.3, 0.4) is 0 Å². The maximum Gasteiger partial charge on any atom is 0.251 e. The Balaban J connectivity index is 1.61. The number of ether oxygens (including phenoxy) is 2. The normalized spacial score (nSPS) is 15.0. The third-order valence-electron chi connectivity index (χ3n) is 5.01. The van der Waals surface area contributed by atoms with E-state index in [2.05, 4.69) is 17.4 Å². The highest BCUT2D eigenvalue weighted by Gasteiger charge is 2.28. The number of aryl methyl sites for hydroxylation is 1. The number of nitrogens with one attached hydrogen (secondary N) is 1. The first-order valence-electron chi connectivity index (χ1n) is 8.88. The van der Waals surface area contributed by atoms with E-state index >= 15 is 0 Å². The van der Waals surface area contributed by atoms with Crippen LogP contribution in [0.4, 0.5) is 0 Å². The summed E-state index contributed by atoms with van der Waals surface area (Å²) >= 11 is 0. The molecule has 0 saturated heterocycles. The molecule has 2 aromatic rings. The van der Waals surface area contributed by atoms with Crippen molar-refractivity contribution in [3.05, 3.63) is 59.2 Å². The second-order valence-electron chi connectivity index (χ2n) is 6.51. The van der Waals surface area contributed by atoms with Crippen LogP contribution < -0.4 is 14.8 Å². The minimum atomic E-state index is -0.329. The number of benzene rings is 2. The summed E-state index contributed by atoms with van der Waals surface area (Å²) in [5.74, 6) is 0.566. The molecule has 1 unspecified atom stereocenters. The van der Waals surface area contributed by atoms with Crippen molar-refractivity contribution >= 4 is 11.8 Å². The van der Waals surface area contributed by atoms with Gasteiger partial charge in [-0.05, 0) is 42.2 Å². The van der Waals surface area contributed by atoms with Gasteiger partial charge in [-0.3, -0.25) is 9.59 Å². The quantitative estimate of drug-likeness (QED) is 0.851. The lowest BCUT2D eigenvalue weighted by atomic mass is 10.1. The van der Waals surface area contributed by atoms with Gasteiger partial charge in [-0.2, -0.15) is 0 Å². The van der Waals surface area contributed by atoms with Crippen molar-refractivity contribution in [1.82, 2.24) is 10.2 Å². The van der Waals surface area contributed by atoms with Crippen LogP contribution in [-0.4, -0.2) is 44.5 Å². The zero-order valence-electron chi connectivity index (χ0n) is 15.8. The highest BCUT2D eigenvalue weighted by molar-refractivity contribution is 5.97. The highest BCUT2D eigenvalue weighted by Crippen LogP contribution is 2.34. The van der Waals surface area contributed by atoms with Crippen molar-refractivity contribution in [3.8, 4) is 11.5 Å². The third-order valence-corrected chi connectivity index (χ3v) is 5.01. The summed E-state index contributed by atoms with van der Waals surface area (Å²) in [4.78, 5) is 26.7. The van der Waals surface area contributed by atoms with Gasteiger partial charge in [0.1, 0.15) is 0 Å². The smallest absolute Gasteiger partial charge is 0.251 e. The van der Waals surface area contributed by atoms with Crippen LogP contribution in [0.25, 0.3) is 0 Å². The van der Waals surface area contributed by atoms with Crippen LogP contribution >= 0.6 is 0 Å². The van der Waals surface area contributed by atoms with E-state index in [9.17, 15) is 9.59 Å². The molecule has 0 bridgehead atoms. The van der Waals surface area contributed by atoms with E-state index in [1.165, 1.54) is 25.3 Å². The number of likely N-dealkylation sites (N-methyl/N-ethyl adjacent to an activating group) is 1. The average Bonchev–Trinajstić information content (AvgIpc) is 3.14. The molecule has 0 aliphatic heterocycles. The van der Waals surface area contributed by atoms with Crippen LogP contribution in [-0.2, 0) is 11.2 Å². The van der Waals surface area contributed by atoms with Gasteiger partial charge in [-0.25, -0.2) is 0 Å². The number of rotatable bonds is 6. The third kappa shape index (κ3) is 3.89. The molecule has 2 aromatic carbocycles. The van der Waals surface area contributed by atoms with E-state index in [-0.39, 0.29) is 24.4 Å². The first kappa shape index (κ1) is 18.8. The summed E-state index contributed by atoms with van der Waals surface area (Å²) in [5.41, 5.74) is 2.89. The predicted octanol–water partition coefficient (Wildman–Crippen LogP) is 2.58. The van der Waals surface area contributed by atoms with Crippen molar-refractivity contribution < 1.29 is 19.1 Å². The predicted molar refractivity (Wildman–Crippen MR) is 102 cm³/mol. The van der Waals surface area contributed by atoms with Gasteiger partial charge in [0.05, 0.1) is 26.8 Å². The van der Waals surface area contributed by atoms with E-state index in [4.69, 9.17) is 9.47 Å². The van der Waals surface area contributed by atoms with Gasteiger partial charge in [0.15, 0.2) is 11.5 Å². The first-order valence-corrected chi connectivity index (χ1v) is 8.88. The zero-order chi connectivity index (χ0) is 19.4. The minimum Gasteiger partial charge on any atom is -0.493 e. The van der Waals surface area contributed by atoms with E-state index in [1.54, 1.807) is 30.1 Å². The highest BCUT2D eigenvalue weighted by atomic mass is 16.5. The topological polar surface area (TPSA) is 67.9 Å². The Morgan fingerprint density at radius 2 is 1.85 bits per heavy atom. The molecule has 6 heteroatoms. The summed E-state index contributed by atoms with van der Waals surface area (Å²) in [6.45, 7) is -0.0532. The number of hydrogen-bond acceptors (Lipinski definition) is 4. The van der Waals surface area contributed by atoms with Gasteiger partial charge >= 0.3 is 0 Å². The molecular weight excluding hydrogens is 344 g/mol. The Bertz CT molecular complexity index is 850. The van der Waals surface area contributed by atoms with Crippen LogP contribution in [0.1, 0.15) is 33.9 Å². The Labute approximate surface area is 159 Å². The monoisotopic (exact) mass is 368 g/mol. The number of methoxy groups -OCH3 is 2. The molecule has 0 spiro atoms. The number of nitrogens with zero attached hydrogens (tertiary/aromatic N) is 1. The van der Waals surface area contributed by atoms with E-state index in [0.717, 1.165) is 12.8 Å². The van der Waals surface area contributed by atoms with E-state index in [0.29, 0.717) is 17.1 Å². The van der Waals surface area contributed by atoms with Crippen molar-refractivity contribution in [2.75, 3.05) is 27.8 Å². The molecule has 6 nitrogen and oxygen atoms in total. The fraction of sp³-hybridized carbons (Fsp3) is 0.333. The van der Waals surface area contributed by atoms with Crippen molar-refractivity contribution in [1.29, 1.82) is 0 Å². The molecule has 3 rings (SSSR count). The largest absolute Gasteiger partial charge is 0.493 e. The standard InChI is InChI=1S/C21H24N2O4/c1-23(17-10-8-14-6-4-5-7-16(14)17)20(24)13-22-21(25)15-9-11-18(26-2)19(12-15)27-3/h4-7,9,11-12,17H,8,10,13H2,1-3H3,(H,22,25). The number of carbonyl (C=O) groups is 2. The molecule has 1 aliphatic carbocycles. The Kier molecular flexibility index (Phi) is 5.64. The number of amides is 2. The maximum atomic E-state index is 12.6. The molecular formula is C21H24N2O4. The molecule has 0 heterocycles. The molecule has 0 fully saturated rings. The fourth-order valence-electron chi connectivity index (χ4n) is 3.47. The first-order chi connectivity index (χ1) is 13.0. The van der Waals surface area contributed by atoms with Gasteiger partial charge in [0.25, 0.3) is 5.91 Å². The number of fused-ring (bicyclic) bond motifs is 1. The van der Waals surface area contributed by atoms with Crippen LogP contribution in [0.15, 0.2) is 42.5 Å². The summed E-state index contributed by atoms with van der Waals surface area (Å²) < 4.78 is 10.4. The van der Waals surface area contributed by atoms with Crippen molar-refractivity contribution in [2.45, 2.75) is 18.9 Å². The van der Waals surface area contributed by atoms with Gasteiger partial charge in [0.2, 0.25) is 5.91 Å². The number of hydrogen-bond donors (Lipinski definition) is 1. The van der Waals surface area contributed by atoms with Gasteiger partial charge in [-0.15, -0.1) is 0 Å². The summed E-state index contributed by atoms with van der Waals surface area (Å²) in [6.07, 6.45) is 1.88. The Morgan fingerprint density at radius 1 is 1.11 bits per heavy atom. The second-order valence-corrected chi connectivity index (χ2v) is 6.51. The van der Waals surface area contributed by atoms with Crippen molar-refractivity contribution in [3.63, 3.8) is 0 Å². The van der Waals surface area contributed by atoms with E-state index in [1.807, 2.05) is 12.1 Å². The average molecular weight is 368 g/mol. The zero-order valence-corrected chi connectivity index (χ0v) is 15.8.